The largest absolute Gasteiger partial charge is 0.289 e. The third-order valence-corrected chi connectivity index (χ3v) is 3.39. The van der Waals surface area contributed by atoms with Crippen LogP contribution in [0.15, 0.2) is 36.8 Å². The maximum Gasteiger partial charge on any atom is 0.289 e. The number of nitrogens with one attached hydrogen (secondary N) is 2. The van der Waals surface area contributed by atoms with Crippen molar-refractivity contribution < 1.29 is 9.59 Å². The second kappa shape index (κ2) is 7.31. The first-order valence-electron chi connectivity index (χ1n) is 7.09. The summed E-state index contributed by atoms with van der Waals surface area (Å²) >= 11 is 0. The molecule has 0 radical (unpaired) electrons. The molecule has 2 rings (SSSR count). The van der Waals surface area contributed by atoms with Gasteiger partial charge in [0, 0.05) is 18.5 Å². The number of aryl methyl sites for hydroxylation is 3. The maximum absolute atomic E-state index is 11.8. The SMILES string of the molecule is Cc1cc(C)c(/C=C/C(=O)NNC(=O)c2cnccn2)cc1C. The number of hydrogen-bond acceptors (Lipinski definition) is 4. The molecule has 0 bridgehead atoms. The molecule has 1 aromatic carbocycles. The van der Waals surface area contributed by atoms with Crippen LogP contribution in [0.2, 0.25) is 0 Å². The van der Waals surface area contributed by atoms with Gasteiger partial charge in [0.25, 0.3) is 11.8 Å². The highest BCUT2D eigenvalue weighted by molar-refractivity contribution is 5.96. The minimum absolute atomic E-state index is 0.127. The third kappa shape index (κ3) is 4.47. The molecule has 2 aromatic rings. The van der Waals surface area contributed by atoms with E-state index in [0.29, 0.717) is 0 Å². The van der Waals surface area contributed by atoms with E-state index in [4.69, 9.17) is 0 Å². The smallest absolute Gasteiger partial charge is 0.268 e. The summed E-state index contributed by atoms with van der Waals surface area (Å²) in [5.74, 6) is -0.956. The van der Waals surface area contributed by atoms with Crippen LogP contribution in [-0.4, -0.2) is 21.8 Å². The quantitative estimate of drug-likeness (QED) is 0.669. The number of benzene rings is 1. The van der Waals surface area contributed by atoms with Crippen LogP contribution in [-0.2, 0) is 4.79 Å². The van der Waals surface area contributed by atoms with Gasteiger partial charge in [0.15, 0.2) is 0 Å². The summed E-state index contributed by atoms with van der Waals surface area (Å²) in [7, 11) is 0. The Hall–Kier alpha value is -3.02. The second-order valence-corrected chi connectivity index (χ2v) is 5.16. The van der Waals surface area contributed by atoms with Crippen molar-refractivity contribution >= 4 is 17.9 Å². The topological polar surface area (TPSA) is 84.0 Å². The van der Waals surface area contributed by atoms with Crippen molar-refractivity contribution in [1.29, 1.82) is 0 Å². The van der Waals surface area contributed by atoms with Gasteiger partial charge in [0.2, 0.25) is 0 Å². The van der Waals surface area contributed by atoms with E-state index in [1.807, 2.05) is 26.8 Å². The maximum atomic E-state index is 11.8. The molecule has 0 saturated carbocycles. The summed E-state index contributed by atoms with van der Waals surface area (Å²) in [4.78, 5) is 31.1. The average molecular weight is 310 g/mol. The summed E-state index contributed by atoms with van der Waals surface area (Å²) < 4.78 is 0. The lowest BCUT2D eigenvalue weighted by Crippen LogP contribution is -2.41. The van der Waals surface area contributed by atoms with E-state index >= 15 is 0 Å². The van der Waals surface area contributed by atoms with Gasteiger partial charge >= 0.3 is 0 Å². The van der Waals surface area contributed by atoms with Crippen LogP contribution in [0.25, 0.3) is 6.08 Å². The molecule has 0 unspecified atom stereocenters. The van der Waals surface area contributed by atoms with Gasteiger partial charge < -0.3 is 0 Å². The molecule has 0 aliphatic carbocycles. The second-order valence-electron chi connectivity index (χ2n) is 5.16. The van der Waals surface area contributed by atoms with Crippen LogP contribution in [0, 0.1) is 20.8 Å². The monoisotopic (exact) mass is 310 g/mol. The number of rotatable bonds is 3. The van der Waals surface area contributed by atoms with E-state index in [1.54, 1.807) is 6.08 Å². The third-order valence-electron chi connectivity index (χ3n) is 3.39. The highest BCUT2D eigenvalue weighted by atomic mass is 16.2. The predicted molar refractivity (Wildman–Crippen MR) is 87.3 cm³/mol. The molecule has 0 atom stereocenters. The van der Waals surface area contributed by atoms with Crippen LogP contribution in [0.1, 0.15) is 32.7 Å². The number of carbonyl (C=O) groups excluding carboxylic acids is 2. The summed E-state index contributed by atoms with van der Waals surface area (Å²) in [5.41, 5.74) is 9.12. The normalized spacial score (nSPS) is 10.6. The summed E-state index contributed by atoms with van der Waals surface area (Å²) in [6.07, 6.45) is 7.26. The number of amides is 2. The average Bonchev–Trinajstić information content (AvgIpc) is 2.55. The number of nitrogens with zero attached hydrogens (tertiary/aromatic N) is 2. The first-order valence-corrected chi connectivity index (χ1v) is 7.09. The van der Waals surface area contributed by atoms with Crippen molar-refractivity contribution in [3.63, 3.8) is 0 Å². The van der Waals surface area contributed by atoms with Crippen molar-refractivity contribution in [3.8, 4) is 0 Å². The minimum Gasteiger partial charge on any atom is -0.268 e. The first kappa shape index (κ1) is 16.4. The molecule has 0 saturated heterocycles. The van der Waals surface area contributed by atoms with Gasteiger partial charge in [0.05, 0.1) is 6.20 Å². The fourth-order valence-corrected chi connectivity index (χ4v) is 1.97. The van der Waals surface area contributed by atoms with Gasteiger partial charge in [-0.3, -0.25) is 25.4 Å². The van der Waals surface area contributed by atoms with Gasteiger partial charge in [-0.1, -0.05) is 12.1 Å². The first-order chi connectivity index (χ1) is 11.0. The molecule has 1 aromatic heterocycles. The van der Waals surface area contributed by atoms with Crippen molar-refractivity contribution in [2.45, 2.75) is 20.8 Å². The van der Waals surface area contributed by atoms with Gasteiger partial charge in [-0.25, -0.2) is 4.98 Å². The number of hydrazine groups is 1. The molecule has 6 nitrogen and oxygen atoms in total. The highest BCUT2D eigenvalue weighted by Gasteiger charge is 2.07. The Morgan fingerprint density at radius 1 is 1.00 bits per heavy atom. The molecule has 23 heavy (non-hydrogen) atoms. The molecular weight excluding hydrogens is 292 g/mol. The van der Waals surface area contributed by atoms with E-state index in [0.717, 1.165) is 16.7 Å². The van der Waals surface area contributed by atoms with Gasteiger partial charge in [-0.15, -0.1) is 0 Å². The predicted octanol–water partition coefficient (Wildman–Crippen LogP) is 1.88. The number of hydrogen-bond donors (Lipinski definition) is 2. The molecule has 0 aliphatic heterocycles. The number of carbonyl (C=O) groups is 2. The molecule has 2 N–H and O–H groups in total. The van der Waals surface area contributed by atoms with Crippen LogP contribution in [0.5, 0.6) is 0 Å². The standard InChI is InChI=1S/C17H18N4O2/c1-11-8-13(3)14(9-12(11)2)4-5-16(22)20-21-17(23)15-10-18-6-7-19-15/h4-10H,1-3H3,(H,20,22)(H,21,23)/b5-4+. The molecule has 0 fully saturated rings. The zero-order valence-corrected chi connectivity index (χ0v) is 13.3. The van der Waals surface area contributed by atoms with Crippen molar-refractivity contribution in [2.24, 2.45) is 0 Å². The molecule has 6 heteroatoms. The Labute approximate surface area is 134 Å². The summed E-state index contributed by atoms with van der Waals surface area (Å²) in [6, 6.07) is 4.09. The van der Waals surface area contributed by atoms with Crippen molar-refractivity contribution in [3.05, 3.63) is 64.7 Å². The number of aromatic nitrogens is 2. The molecule has 2 amide bonds. The van der Waals surface area contributed by atoms with Crippen LogP contribution >= 0.6 is 0 Å². The Kier molecular flexibility index (Phi) is 5.19. The van der Waals surface area contributed by atoms with Gasteiger partial charge in [-0.2, -0.15) is 0 Å². The molecule has 0 spiro atoms. The van der Waals surface area contributed by atoms with Crippen LogP contribution in [0.4, 0.5) is 0 Å². The van der Waals surface area contributed by atoms with Crippen molar-refractivity contribution in [2.75, 3.05) is 0 Å². The van der Waals surface area contributed by atoms with E-state index < -0.39 is 11.8 Å². The minimum atomic E-state index is -0.526. The summed E-state index contributed by atoms with van der Waals surface area (Å²) in [6.45, 7) is 6.05. The van der Waals surface area contributed by atoms with E-state index in [1.165, 1.54) is 30.2 Å². The fourth-order valence-electron chi connectivity index (χ4n) is 1.97. The van der Waals surface area contributed by atoms with Crippen LogP contribution < -0.4 is 10.9 Å². The zero-order chi connectivity index (χ0) is 16.8. The van der Waals surface area contributed by atoms with E-state index in [9.17, 15) is 9.59 Å². The lowest BCUT2D eigenvalue weighted by Gasteiger charge is -2.06. The molecule has 0 aliphatic rings. The molecular formula is C17H18N4O2. The summed E-state index contributed by atoms with van der Waals surface area (Å²) in [5, 5.41) is 0. The van der Waals surface area contributed by atoms with E-state index in [2.05, 4.69) is 26.9 Å². The zero-order valence-electron chi connectivity index (χ0n) is 13.3. The lowest BCUT2D eigenvalue weighted by molar-refractivity contribution is -0.117. The fraction of sp³-hybridized carbons (Fsp3) is 0.176. The Bertz CT molecular complexity index is 755. The van der Waals surface area contributed by atoms with E-state index in [-0.39, 0.29) is 5.69 Å². The molecule has 1 heterocycles. The van der Waals surface area contributed by atoms with Crippen LogP contribution in [0.3, 0.4) is 0 Å². The van der Waals surface area contributed by atoms with Gasteiger partial charge in [0.1, 0.15) is 5.69 Å². The Morgan fingerprint density at radius 3 is 2.43 bits per heavy atom. The highest BCUT2D eigenvalue weighted by Crippen LogP contribution is 2.16. The van der Waals surface area contributed by atoms with Gasteiger partial charge in [-0.05, 0) is 49.1 Å². The molecule has 118 valence electrons. The van der Waals surface area contributed by atoms with Crippen molar-refractivity contribution in [1.82, 2.24) is 20.8 Å². The Morgan fingerprint density at radius 2 is 1.74 bits per heavy atom. The lowest BCUT2D eigenvalue weighted by atomic mass is 10.0. The Balaban J connectivity index is 1.95.